The van der Waals surface area contributed by atoms with Gasteiger partial charge < -0.3 is 14.8 Å². The van der Waals surface area contributed by atoms with Gasteiger partial charge in [0.15, 0.2) is 0 Å². The van der Waals surface area contributed by atoms with E-state index in [4.69, 9.17) is 5.11 Å². The van der Waals surface area contributed by atoms with Crippen molar-refractivity contribution in [3.8, 4) is 0 Å². The monoisotopic (exact) mass is 261 g/mol. The van der Waals surface area contributed by atoms with Crippen molar-refractivity contribution >= 4 is 18.2 Å². The number of benzene rings is 1. The lowest BCUT2D eigenvalue weighted by molar-refractivity contribution is -0.142. The van der Waals surface area contributed by atoms with Crippen molar-refractivity contribution in [2.45, 2.75) is 13.0 Å². The van der Waals surface area contributed by atoms with E-state index in [1.54, 1.807) is 0 Å². The van der Waals surface area contributed by atoms with Gasteiger partial charge in [0.2, 0.25) is 5.91 Å². The number of nitrogens with zero attached hydrogens (tertiary/aromatic N) is 1. The second kappa shape index (κ2) is 5.65. The molecule has 19 heavy (non-hydrogen) atoms. The minimum atomic E-state index is -0.941. The van der Waals surface area contributed by atoms with Gasteiger partial charge in [0, 0.05) is 6.54 Å². The van der Waals surface area contributed by atoms with Gasteiger partial charge in [-0.25, -0.2) is 0 Å². The summed E-state index contributed by atoms with van der Waals surface area (Å²) >= 11 is 0. The van der Waals surface area contributed by atoms with Gasteiger partial charge in [0.1, 0.15) is 6.29 Å². The second-order valence-corrected chi connectivity index (χ2v) is 4.66. The number of carboxylic acids is 1. The Labute approximate surface area is 110 Å². The summed E-state index contributed by atoms with van der Waals surface area (Å²) in [4.78, 5) is 35.0. The van der Waals surface area contributed by atoms with Gasteiger partial charge in [-0.3, -0.25) is 9.59 Å². The van der Waals surface area contributed by atoms with Crippen LogP contribution in [0.3, 0.4) is 0 Å². The number of carbonyl (C=O) groups excluding carboxylic acids is 2. The Morgan fingerprint density at radius 1 is 1.26 bits per heavy atom. The van der Waals surface area contributed by atoms with E-state index in [0.29, 0.717) is 19.3 Å². The first kappa shape index (κ1) is 13.3. The average Bonchev–Trinajstić information content (AvgIpc) is 3.19. The van der Waals surface area contributed by atoms with E-state index >= 15 is 0 Å². The molecule has 0 heterocycles. The Morgan fingerprint density at radius 2 is 1.95 bits per heavy atom. The molecule has 1 saturated carbocycles. The van der Waals surface area contributed by atoms with Crippen molar-refractivity contribution in [3.63, 3.8) is 0 Å². The van der Waals surface area contributed by atoms with Crippen LogP contribution in [0.1, 0.15) is 12.0 Å². The molecule has 0 radical (unpaired) electrons. The number of hydrogen-bond acceptors (Lipinski definition) is 3. The minimum Gasteiger partial charge on any atom is -0.481 e. The fourth-order valence-corrected chi connectivity index (χ4v) is 2.10. The first-order valence-corrected chi connectivity index (χ1v) is 6.12. The molecule has 2 atom stereocenters. The van der Waals surface area contributed by atoms with Gasteiger partial charge in [0.25, 0.3) is 0 Å². The zero-order valence-electron chi connectivity index (χ0n) is 10.4. The maximum absolute atomic E-state index is 12.1. The molecule has 2 unspecified atom stereocenters. The highest BCUT2D eigenvalue weighted by molar-refractivity contribution is 5.90. The molecule has 0 aliphatic heterocycles. The Bertz CT molecular complexity index is 485. The normalized spacial score (nSPS) is 20.6. The zero-order valence-corrected chi connectivity index (χ0v) is 10.4. The Kier molecular flexibility index (Phi) is 3.94. The van der Waals surface area contributed by atoms with Crippen molar-refractivity contribution in [2.75, 3.05) is 6.54 Å². The van der Waals surface area contributed by atoms with E-state index in [-0.39, 0.29) is 12.5 Å². The number of carboxylic acid groups (broad SMARTS) is 1. The minimum absolute atomic E-state index is 0.00341. The van der Waals surface area contributed by atoms with Crippen molar-refractivity contribution in [1.29, 1.82) is 0 Å². The van der Waals surface area contributed by atoms with Crippen LogP contribution in [0.15, 0.2) is 30.3 Å². The van der Waals surface area contributed by atoms with Gasteiger partial charge >= 0.3 is 5.97 Å². The molecule has 0 bridgehead atoms. The number of aldehydes is 1. The molecule has 0 aromatic heterocycles. The van der Waals surface area contributed by atoms with Crippen molar-refractivity contribution in [1.82, 2.24) is 4.90 Å². The summed E-state index contributed by atoms with van der Waals surface area (Å²) in [6.45, 7) is 0.331. The number of amides is 1. The molecule has 0 spiro atoms. The third kappa shape index (κ3) is 3.19. The summed E-state index contributed by atoms with van der Waals surface area (Å²) in [6, 6.07) is 9.32. The molecule has 5 nitrogen and oxygen atoms in total. The lowest BCUT2D eigenvalue weighted by Gasteiger charge is -2.20. The Balaban J connectivity index is 2.02. The second-order valence-electron chi connectivity index (χ2n) is 4.66. The maximum Gasteiger partial charge on any atom is 0.307 e. The molecule has 5 heteroatoms. The van der Waals surface area contributed by atoms with Gasteiger partial charge in [-0.1, -0.05) is 30.3 Å². The molecular formula is C14H15NO4. The van der Waals surface area contributed by atoms with Crippen LogP contribution in [-0.2, 0) is 20.9 Å². The molecule has 0 saturated heterocycles. The lowest BCUT2D eigenvalue weighted by Crippen LogP contribution is -2.34. The van der Waals surface area contributed by atoms with Crippen LogP contribution >= 0.6 is 0 Å². The molecule has 1 aliphatic carbocycles. The van der Waals surface area contributed by atoms with Gasteiger partial charge in [-0.15, -0.1) is 0 Å². The predicted octanol–water partition coefficient (Wildman–Crippen LogP) is 0.935. The first-order chi connectivity index (χ1) is 9.13. The fourth-order valence-electron chi connectivity index (χ4n) is 2.10. The molecule has 1 aliphatic rings. The smallest absolute Gasteiger partial charge is 0.307 e. The molecule has 1 fully saturated rings. The van der Waals surface area contributed by atoms with Crippen molar-refractivity contribution in [2.24, 2.45) is 11.8 Å². The third-order valence-electron chi connectivity index (χ3n) is 3.25. The highest BCUT2D eigenvalue weighted by atomic mass is 16.4. The molecule has 2 rings (SSSR count). The summed E-state index contributed by atoms with van der Waals surface area (Å²) in [6.07, 6.45) is 1.04. The summed E-state index contributed by atoms with van der Waals surface area (Å²) in [5.74, 6) is -2.24. The van der Waals surface area contributed by atoms with Gasteiger partial charge in [-0.2, -0.15) is 0 Å². The predicted molar refractivity (Wildman–Crippen MR) is 67.2 cm³/mol. The van der Waals surface area contributed by atoms with Crippen LogP contribution in [0.5, 0.6) is 0 Å². The Morgan fingerprint density at radius 3 is 2.47 bits per heavy atom. The SMILES string of the molecule is O=CCN(Cc1ccccc1)C(=O)C1CC1C(=O)O. The summed E-state index contributed by atoms with van der Waals surface area (Å²) in [7, 11) is 0. The largest absolute Gasteiger partial charge is 0.481 e. The number of aliphatic carboxylic acids is 1. The van der Waals surface area contributed by atoms with E-state index in [2.05, 4.69) is 0 Å². The van der Waals surface area contributed by atoms with Crippen molar-refractivity contribution < 1.29 is 19.5 Å². The highest BCUT2D eigenvalue weighted by Gasteiger charge is 2.49. The standard InChI is InChI=1S/C14H15NO4/c16-7-6-15(9-10-4-2-1-3-5-10)13(17)11-8-12(11)14(18)19/h1-5,7,11-12H,6,8-9H2,(H,18,19). The average molecular weight is 261 g/mol. The highest BCUT2D eigenvalue weighted by Crippen LogP contribution is 2.40. The van der Waals surface area contributed by atoms with Crippen molar-refractivity contribution in [3.05, 3.63) is 35.9 Å². The first-order valence-electron chi connectivity index (χ1n) is 6.12. The zero-order chi connectivity index (χ0) is 13.8. The molecule has 1 N–H and O–H groups in total. The van der Waals surface area contributed by atoms with Crippen LogP contribution in [0.2, 0.25) is 0 Å². The van der Waals surface area contributed by atoms with Crippen LogP contribution in [0.25, 0.3) is 0 Å². The molecular weight excluding hydrogens is 246 g/mol. The van der Waals surface area contributed by atoms with Crippen LogP contribution in [0, 0.1) is 11.8 Å². The van der Waals surface area contributed by atoms with E-state index in [1.165, 1.54) is 4.90 Å². The number of hydrogen-bond donors (Lipinski definition) is 1. The van der Waals surface area contributed by atoms with E-state index < -0.39 is 17.8 Å². The summed E-state index contributed by atoms with van der Waals surface area (Å²) in [5, 5.41) is 8.83. The van der Waals surface area contributed by atoms with Gasteiger partial charge in [0.05, 0.1) is 18.4 Å². The molecule has 1 aromatic carbocycles. The van der Waals surface area contributed by atoms with Gasteiger partial charge in [-0.05, 0) is 12.0 Å². The Hall–Kier alpha value is -2.17. The maximum atomic E-state index is 12.1. The lowest BCUT2D eigenvalue weighted by atomic mass is 10.2. The topological polar surface area (TPSA) is 74.7 Å². The summed E-state index contributed by atoms with van der Waals surface area (Å²) < 4.78 is 0. The molecule has 1 amide bonds. The third-order valence-corrected chi connectivity index (χ3v) is 3.25. The number of carbonyl (C=O) groups is 3. The van der Waals surface area contributed by atoms with E-state index in [0.717, 1.165) is 5.56 Å². The van der Waals surface area contributed by atoms with Crippen LogP contribution in [-0.4, -0.2) is 34.7 Å². The summed E-state index contributed by atoms with van der Waals surface area (Å²) in [5.41, 5.74) is 0.922. The van der Waals surface area contributed by atoms with E-state index in [1.807, 2.05) is 30.3 Å². The molecule has 100 valence electrons. The van der Waals surface area contributed by atoms with Crippen LogP contribution in [0.4, 0.5) is 0 Å². The van der Waals surface area contributed by atoms with Crippen LogP contribution < -0.4 is 0 Å². The molecule has 1 aromatic rings. The number of rotatable bonds is 6. The van der Waals surface area contributed by atoms with E-state index in [9.17, 15) is 14.4 Å². The fraction of sp³-hybridized carbons (Fsp3) is 0.357. The quantitative estimate of drug-likeness (QED) is 0.773.